The molecule has 0 aliphatic carbocycles. The predicted octanol–water partition coefficient (Wildman–Crippen LogP) is 3.57. The van der Waals surface area contributed by atoms with Crippen LogP contribution in [0.5, 0.6) is 0 Å². The van der Waals surface area contributed by atoms with E-state index in [-0.39, 0.29) is 5.28 Å². The van der Waals surface area contributed by atoms with Crippen molar-refractivity contribution in [2.45, 2.75) is 6.92 Å². The summed E-state index contributed by atoms with van der Waals surface area (Å²) in [6.07, 6.45) is 2.36. The topological polar surface area (TPSA) is 42.9 Å². The number of halogens is 2. The van der Waals surface area contributed by atoms with Crippen LogP contribution in [0.25, 0.3) is 11.1 Å². The highest BCUT2D eigenvalue weighted by Crippen LogP contribution is 2.27. The molecule has 2 rings (SSSR count). The lowest BCUT2D eigenvalue weighted by Crippen LogP contribution is -1.94. The first-order valence-electron chi connectivity index (χ1n) is 4.86. The van der Waals surface area contributed by atoms with Gasteiger partial charge in [-0.25, -0.2) is 9.97 Å². The Morgan fingerprint density at radius 1 is 1.24 bits per heavy atom. The molecule has 0 aliphatic heterocycles. The maximum atomic E-state index is 11.0. The number of nitrogens with zero attached hydrogens (tertiary/aromatic N) is 2. The molecule has 17 heavy (non-hydrogen) atoms. The highest BCUT2D eigenvalue weighted by molar-refractivity contribution is 6.31. The number of carbonyl (C=O) groups is 1. The van der Waals surface area contributed by atoms with E-state index in [1.807, 2.05) is 6.92 Å². The van der Waals surface area contributed by atoms with E-state index in [4.69, 9.17) is 23.2 Å². The van der Waals surface area contributed by atoms with E-state index in [0.717, 1.165) is 23.1 Å². The molecule has 0 saturated heterocycles. The fourth-order valence-corrected chi connectivity index (χ4v) is 1.94. The van der Waals surface area contributed by atoms with Gasteiger partial charge in [0.05, 0.1) is 5.69 Å². The van der Waals surface area contributed by atoms with Crippen molar-refractivity contribution in [3.63, 3.8) is 0 Å². The predicted molar refractivity (Wildman–Crippen MR) is 67.6 cm³/mol. The number of aryl methyl sites for hydroxylation is 1. The third-order valence-corrected chi connectivity index (χ3v) is 2.80. The van der Waals surface area contributed by atoms with E-state index < -0.39 is 0 Å². The minimum Gasteiger partial charge on any atom is -0.298 e. The fraction of sp³-hybridized carbons (Fsp3) is 0.0833. The van der Waals surface area contributed by atoms with Crippen molar-refractivity contribution < 1.29 is 4.79 Å². The van der Waals surface area contributed by atoms with Gasteiger partial charge in [0, 0.05) is 22.3 Å². The molecule has 86 valence electrons. The second-order valence-electron chi connectivity index (χ2n) is 3.49. The number of benzene rings is 1. The average Bonchev–Trinajstić information content (AvgIpc) is 2.30. The van der Waals surface area contributed by atoms with E-state index >= 15 is 0 Å². The van der Waals surface area contributed by atoms with Crippen LogP contribution in [0.15, 0.2) is 24.4 Å². The monoisotopic (exact) mass is 266 g/mol. The van der Waals surface area contributed by atoms with Gasteiger partial charge in [0.1, 0.15) is 0 Å². The maximum absolute atomic E-state index is 11.0. The molecule has 0 bridgehead atoms. The second-order valence-corrected chi connectivity index (χ2v) is 4.26. The zero-order chi connectivity index (χ0) is 12.4. The molecular formula is C12H8Cl2N2O. The smallest absolute Gasteiger partial charge is 0.222 e. The van der Waals surface area contributed by atoms with Gasteiger partial charge in [0.2, 0.25) is 5.28 Å². The van der Waals surface area contributed by atoms with E-state index in [1.54, 1.807) is 24.4 Å². The Labute approximate surface area is 108 Å². The SMILES string of the molecule is Cc1nc(Cl)ncc1-c1ccc(Cl)cc1C=O. The molecule has 0 N–H and O–H groups in total. The van der Waals surface area contributed by atoms with Crippen LogP contribution in [0.1, 0.15) is 16.1 Å². The molecule has 0 fully saturated rings. The van der Waals surface area contributed by atoms with Gasteiger partial charge in [0.25, 0.3) is 0 Å². The van der Waals surface area contributed by atoms with Gasteiger partial charge >= 0.3 is 0 Å². The summed E-state index contributed by atoms with van der Waals surface area (Å²) in [4.78, 5) is 19.0. The summed E-state index contributed by atoms with van der Waals surface area (Å²) in [7, 11) is 0. The first-order valence-corrected chi connectivity index (χ1v) is 5.61. The Bertz CT molecular complexity index is 585. The molecule has 0 spiro atoms. The highest BCUT2D eigenvalue weighted by Gasteiger charge is 2.09. The number of rotatable bonds is 2. The third-order valence-electron chi connectivity index (χ3n) is 2.38. The minimum atomic E-state index is 0.188. The lowest BCUT2D eigenvalue weighted by atomic mass is 10.0. The minimum absolute atomic E-state index is 0.188. The Morgan fingerprint density at radius 3 is 2.65 bits per heavy atom. The van der Waals surface area contributed by atoms with Crippen LogP contribution in [-0.4, -0.2) is 16.3 Å². The molecule has 0 aliphatic rings. The summed E-state index contributed by atoms with van der Waals surface area (Å²) < 4.78 is 0. The standard InChI is InChI=1S/C12H8Cl2N2O/c1-7-11(5-15-12(14)16-7)10-3-2-9(13)4-8(10)6-17/h2-6H,1H3. The molecule has 0 saturated carbocycles. The van der Waals surface area contributed by atoms with Crippen LogP contribution in [0, 0.1) is 6.92 Å². The Balaban J connectivity index is 2.63. The molecule has 0 radical (unpaired) electrons. The molecule has 0 atom stereocenters. The molecule has 3 nitrogen and oxygen atoms in total. The molecule has 0 unspecified atom stereocenters. The van der Waals surface area contributed by atoms with E-state index in [9.17, 15) is 4.79 Å². The highest BCUT2D eigenvalue weighted by atomic mass is 35.5. The first-order chi connectivity index (χ1) is 8.11. The van der Waals surface area contributed by atoms with Gasteiger partial charge in [0.15, 0.2) is 6.29 Å². The molecule has 0 amide bonds. The number of carbonyl (C=O) groups excluding carboxylic acids is 1. The summed E-state index contributed by atoms with van der Waals surface area (Å²) in [5.41, 5.74) is 2.74. The van der Waals surface area contributed by atoms with Gasteiger partial charge < -0.3 is 0 Å². The van der Waals surface area contributed by atoms with Crippen molar-refractivity contribution in [3.8, 4) is 11.1 Å². The lowest BCUT2D eigenvalue weighted by Gasteiger charge is -2.07. The molecule has 5 heteroatoms. The van der Waals surface area contributed by atoms with E-state index in [1.165, 1.54) is 0 Å². The van der Waals surface area contributed by atoms with Crippen LogP contribution < -0.4 is 0 Å². The summed E-state index contributed by atoms with van der Waals surface area (Å²) in [5.74, 6) is 0. The number of aromatic nitrogens is 2. The summed E-state index contributed by atoms with van der Waals surface area (Å²) in [6.45, 7) is 1.81. The van der Waals surface area contributed by atoms with Crippen molar-refractivity contribution in [1.82, 2.24) is 9.97 Å². The number of aldehydes is 1. The molecule has 1 aromatic heterocycles. The normalized spacial score (nSPS) is 10.3. The zero-order valence-electron chi connectivity index (χ0n) is 8.95. The fourth-order valence-electron chi connectivity index (χ4n) is 1.58. The Kier molecular flexibility index (Phi) is 3.41. The molecule has 1 heterocycles. The van der Waals surface area contributed by atoms with E-state index in [2.05, 4.69) is 9.97 Å². The van der Waals surface area contributed by atoms with Crippen molar-refractivity contribution >= 4 is 29.5 Å². The zero-order valence-corrected chi connectivity index (χ0v) is 10.5. The molecule has 1 aromatic carbocycles. The molecule has 2 aromatic rings. The van der Waals surface area contributed by atoms with Gasteiger partial charge in [-0.3, -0.25) is 4.79 Å². The summed E-state index contributed by atoms with van der Waals surface area (Å²) >= 11 is 11.5. The van der Waals surface area contributed by atoms with Crippen molar-refractivity contribution in [1.29, 1.82) is 0 Å². The number of hydrogen-bond acceptors (Lipinski definition) is 3. The number of hydrogen-bond donors (Lipinski definition) is 0. The lowest BCUT2D eigenvalue weighted by molar-refractivity contribution is 0.112. The first kappa shape index (κ1) is 12.0. The average molecular weight is 267 g/mol. The van der Waals surface area contributed by atoms with E-state index in [0.29, 0.717) is 10.6 Å². The largest absolute Gasteiger partial charge is 0.298 e. The summed E-state index contributed by atoms with van der Waals surface area (Å²) in [5, 5.41) is 0.705. The maximum Gasteiger partial charge on any atom is 0.222 e. The third kappa shape index (κ3) is 2.46. The van der Waals surface area contributed by atoms with Crippen LogP contribution in [-0.2, 0) is 0 Å². The molecular weight excluding hydrogens is 259 g/mol. The second kappa shape index (κ2) is 4.82. The Morgan fingerprint density at radius 2 is 2.00 bits per heavy atom. The van der Waals surface area contributed by atoms with Crippen molar-refractivity contribution in [2.75, 3.05) is 0 Å². The van der Waals surface area contributed by atoms with Gasteiger partial charge in [-0.1, -0.05) is 17.7 Å². The van der Waals surface area contributed by atoms with Crippen LogP contribution in [0.2, 0.25) is 10.3 Å². The van der Waals surface area contributed by atoms with Gasteiger partial charge in [-0.15, -0.1) is 0 Å². The van der Waals surface area contributed by atoms with Crippen molar-refractivity contribution in [3.05, 3.63) is 46.0 Å². The van der Waals surface area contributed by atoms with Crippen LogP contribution >= 0.6 is 23.2 Å². The quantitative estimate of drug-likeness (QED) is 0.617. The van der Waals surface area contributed by atoms with Crippen LogP contribution in [0.4, 0.5) is 0 Å². The Hall–Kier alpha value is -1.45. The van der Waals surface area contributed by atoms with Crippen LogP contribution in [0.3, 0.4) is 0 Å². The van der Waals surface area contributed by atoms with Gasteiger partial charge in [-0.05, 0) is 36.2 Å². The van der Waals surface area contributed by atoms with Crippen molar-refractivity contribution in [2.24, 2.45) is 0 Å². The summed E-state index contributed by atoms with van der Waals surface area (Å²) in [6, 6.07) is 5.10. The van der Waals surface area contributed by atoms with Gasteiger partial charge in [-0.2, -0.15) is 0 Å².